The van der Waals surface area contributed by atoms with Crippen LogP contribution in [-0.2, 0) is 28.9 Å². The van der Waals surface area contributed by atoms with Crippen molar-refractivity contribution in [3.63, 3.8) is 0 Å². The summed E-state index contributed by atoms with van der Waals surface area (Å²) < 4.78 is 13.0. The van der Waals surface area contributed by atoms with Gasteiger partial charge in [-0.25, -0.2) is 4.79 Å². The Hall–Kier alpha value is -3.20. The molecule has 0 bridgehead atoms. The number of esters is 1. The van der Waals surface area contributed by atoms with Gasteiger partial charge in [-0.15, -0.1) is 0 Å². The van der Waals surface area contributed by atoms with Crippen molar-refractivity contribution in [3.8, 4) is 0 Å². The quantitative estimate of drug-likeness (QED) is 0.560. The molecular formula is C29H38N4O5. The average molecular weight is 523 g/mol. The number of carbonyl (C=O) groups excluding carboxylic acids is 3. The van der Waals surface area contributed by atoms with Crippen LogP contribution < -0.4 is 5.32 Å². The lowest BCUT2D eigenvalue weighted by molar-refractivity contribution is 0.0160. The fourth-order valence-corrected chi connectivity index (χ4v) is 5.87. The number of hydrogen-bond donors (Lipinski definition) is 1. The molecule has 2 saturated heterocycles. The van der Waals surface area contributed by atoms with Gasteiger partial charge in [0, 0.05) is 50.5 Å². The van der Waals surface area contributed by atoms with Crippen molar-refractivity contribution in [1.29, 1.82) is 0 Å². The maximum absolute atomic E-state index is 13.0. The fourth-order valence-electron chi connectivity index (χ4n) is 5.87. The molecule has 1 spiro atoms. The molecule has 1 atom stereocenters. The average Bonchev–Trinajstić information content (AvgIpc) is 3.56. The van der Waals surface area contributed by atoms with E-state index in [1.54, 1.807) is 24.3 Å². The molecule has 3 aliphatic rings. The lowest BCUT2D eigenvalue weighted by atomic mass is 9.75. The van der Waals surface area contributed by atoms with E-state index >= 15 is 0 Å². The second-order valence-corrected chi connectivity index (χ2v) is 11.0. The molecule has 4 heterocycles. The second kappa shape index (κ2) is 11.3. The minimum atomic E-state index is -0.407. The van der Waals surface area contributed by atoms with Crippen molar-refractivity contribution < 1.29 is 23.9 Å². The molecule has 0 aliphatic carbocycles. The van der Waals surface area contributed by atoms with Crippen LogP contribution in [0, 0.1) is 11.3 Å². The maximum Gasteiger partial charge on any atom is 0.338 e. The van der Waals surface area contributed by atoms with E-state index < -0.39 is 5.97 Å². The highest BCUT2D eigenvalue weighted by Crippen LogP contribution is 2.38. The summed E-state index contributed by atoms with van der Waals surface area (Å²) in [6, 6.07) is 6.71. The smallest absolute Gasteiger partial charge is 0.338 e. The van der Waals surface area contributed by atoms with E-state index in [2.05, 4.69) is 5.32 Å². The minimum absolute atomic E-state index is 0.00641. The summed E-state index contributed by atoms with van der Waals surface area (Å²) in [6.45, 7) is 8.55. The van der Waals surface area contributed by atoms with Crippen molar-refractivity contribution in [2.75, 3.05) is 39.5 Å². The maximum atomic E-state index is 13.0. The zero-order valence-electron chi connectivity index (χ0n) is 22.5. The van der Waals surface area contributed by atoms with E-state index in [4.69, 9.17) is 14.6 Å². The molecule has 0 saturated carbocycles. The number of carbonyl (C=O) groups is 3. The predicted molar refractivity (Wildman–Crippen MR) is 141 cm³/mol. The van der Waals surface area contributed by atoms with Gasteiger partial charge < -0.3 is 19.7 Å². The van der Waals surface area contributed by atoms with E-state index in [-0.39, 0.29) is 29.8 Å². The van der Waals surface area contributed by atoms with Crippen LogP contribution >= 0.6 is 0 Å². The van der Waals surface area contributed by atoms with Crippen LogP contribution in [0.25, 0.3) is 0 Å². The number of aromatic nitrogens is 2. The van der Waals surface area contributed by atoms with E-state index in [9.17, 15) is 14.4 Å². The normalized spacial score (nSPS) is 19.5. The van der Waals surface area contributed by atoms with Crippen LogP contribution in [0.5, 0.6) is 0 Å². The number of ether oxygens (including phenoxy) is 2. The Kier molecular flexibility index (Phi) is 7.83. The van der Waals surface area contributed by atoms with E-state index in [0.717, 1.165) is 56.5 Å². The zero-order chi connectivity index (χ0) is 26.7. The Morgan fingerprint density at radius 3 is 2.50 bits per heavy atom. The van der Waals surface area contributed by atoms with Crippen molar-refractivity contribution in [3.05, 3.63) is 52.3 Å². The topological polar surface area (TPSA) is 103 Å². The molecule has 1 aromatic heterocycles. The van der Waals surface area contributed by atoms with Gasteiger partial charge in [-0.2, -0.15) is 5.10 Å². The largest absolute Gasteiger partial charge is 0.462 e. The van der Waals surface area contributed by atoms with Crippen molar-refractivity contribution >= 4 is 17.8 Å². The molecule has 1 aromatic carbocycles. The SMILES string of the molecule is CCn1nc(CC(C)COC(=O)c2ccc(C(=O)N3CCCC3)cc2)c2c1C(=O)NCC1(CCOCC1)C2. The number of rotatable bonds is 7. The summed E-state index contributed by atoms with van der Waals surface area (Å²) in [5, 5.41) is 7.95. The highest BCUT2D eigenvalue weighted by Gasteiger charge is 2.39. The van der Waals surface area contributed by atoms with Crippen LogP contribution in [0.15, 0.2) is 24.3 Å². The van der Waals surface area contributed by atoms with E-state index in [0.29, 0.717) is 49.5 Å². The number of nitrogens with one attached hydrogen (secondary N) is 1. The number of amides is 2. The molecule has 1 unspecified atom stereocenters. The first kappa shape index (κ1) is 26.4. The minimum Gasteiger partial charge on any atom is -0.462 e. The summed E-state index contributed by atoms with van der Waals surface area (Å²) in [5.41, 5.74) is 3.62. The number of fused-ring (bicyclic) bond motifs is 1. The third-order valence-electron chi connectivity index (χ3n) is 8.18. The van der Waals surface area contributed by atoms with Crippen molar-refractivity contribution in [2.24, 2.45) is 11.3 Å². The third kappa shape index (κ3) is 5.48. The summed E-state index contributed by atoms with van der Waals surface area (Å²) in [6.07, 6.45) is 5.33. The third-order valence-corrected chi connectivity index (χ3v) is 8.18. The van der Waals surface area contributed by atoms with Crippen LogP contribution in [0.2, 0.25) is 0 Å². The zero-order valence-corrected chi connectivity index (χ0v) is 22.5. The highest BCUT2D eigenvalue weighted by molar-refractivity contribution is 5.96. The Bertz CT molecular complexity index is 1180. The first-order valence-electron chi connectivity index (χ1n) is 13.9. The first-order chi connectivity index (χ1) is 18.4. The molecule has 38 heavy (non-hydrogen) atoms. The molecular weight excluding hydrogens is 484 g/mol. The van der Waals surface area contributed by atoms with Crippen molar-refractivity contribution in [2.45, 2.75) is 58.9 Å². The van der Waals surface area contributed by atoms with Gasteiger partial charge in [0.15, 0.2) is 0 Å². The van der Waals surface area contributed by atoms with E-state index in [1.807, 2.05) is 23.4 Å². The molecule has 5 rings (SSSR count). The lowest BCUT2D eigenvalue weighted by Gasteiger charge is -2.36. The van der Waals surface area contributed by atoms with Crippen LogP contribution in [0.3, 0.4) is 0 Å². The van der Waals surface area contributed by atoms with Crippen molar-refractivity contribution in [1.82, 2.24) is 20.0 Å². The molecule has 9 nitrogen and oxygen atoms in total. The number of nitrogens with zero attached hydrogens (tertiary/aromatic N) is 3. The van der Waals surface area contributed by atoms with Gasteiger partial charge in [-0.3, -0.25) is 14.3 Å². The monoisotopic (exact) mass is 522 g/mol. The standard InChI is InChI=1S/C29H38N4O5/c1-3-33-25-23(17-29(19-30-26(25)34)10-14-37-15-11-29)24(31-33)16-20(2)18-38-28(36)22-8-6-21(7-9-22)27(35)32-12-4-5-13-32/h6-9,20H,3-5,10-19H2,1-2H3,(H,30,34). The van der Waals surface area contributed by atoms with Gasteiger partial charge in [0.1, 0.15) is 5.69 Å². The van der Waals surface area contributed by atoms with Gasteiger partial charge in [-0.05, 0) is 81.0 Å². The number of likely N-dealkylation sites (tertiary alicyclic amines) is 1. The molecule has 3 aliphatic heterocycles. The molecule has 2 aromatic rings. The first-order valence-corrected chi connectivity index (χ1v) is 13.9. The van der Waals surface area contributed by atoms with Crippen LogP contribution in [0.1, 0.15) is 82.0 Å². The Morgan fingerprint density at radius 1 is 1.13 bits per heavy atom. The molecule has 2 fully saturated rings. The number of aryl methyl sites for hydroxylation is 1. The summed E-state index contributed by atoms with van der Waals surface area (Å²) in [5.74, 6) is -0.431. The second-order valence-electron chi connectivity index (χ2n) is 11.0. The van der Waals surface area contributed by atoms with Gasteiger partial charge >= 0.3 is 5.97 Å². The molecule has 9 heteroatoms. The Morgan fingerprint density at radius 2 is 1.82 bits per heavy atom. The number of benzene rings is 1. The molecule has 2 amide bonds. The Balaban J connectivity index is 1.23. The summed E-state index contributed by atoms with van der Waals surface area (Å²) in [4.78, 5) is 40.1. The summed E-state index contributed by atoms with van der Waals surface area (Å²) >= 11 is 0. The van der Waals surface area contributed by atoms with Crippen LogP contribution in [-0.4, -0.2) is 71.9 Å². The van der Waals surface area contributed by atoms with Crippen LogP contribution in [0.4, 0.5) is 0 Å². The number of hydrogen-bond acceptors (Lipinski definition) is 6. The highest BCUT2D eigenvalue weighted by atomic mass is 16.5. The lowest BCUT2D eigenvalue weighted by Crippen LogP contribution is -2.40. The van der Waals surface area contributed by atoms with Gasteiger partial charge in [0.2, 0.25) is 0 Å². The van der Waals surface area contributed by atoms with Gasteiger partial charge in [-0.1, -0.05) is 6.92 Å². The van der Waals surface area contributed by atoms with E-state index in [1.165, 1.54) is 0 Å². The molecule has 0 radical (unpaired) electrons. The molecule has 1 N–H and O–H groups in total. The fraction of sp³-hybridized carbons (Fsp3) is 0.586. The Labute approximate surface area is 223 Å². The molecule has 204 valence electrons. The summed E-state index contributed by atoms with van der Waals surface area (Å²) in [7, 11) is 0. The van der Waals surface area contributed by atoms with Gasteiger partial charge in [0.25, 0.3) is 11.8 Å². The van der Waals surface area contributed by atoms with Gasteiger partial charge in [0.05, 0.1) is 17.9 Å². The predicted octanol–water partition coefficient (Wildman–Crippen LogP) is 3.26.